The summed E-state index contributed by atoms with van der Waals surface area (Å²) in [5.41, 5.74) is 7.98. The van der Waals surface area contributed by atoms with Crippen molar-refractivity contribution in [2.45, 2.75) is 13.5 Å². The molecule has 0 atom stereocenters. The molecule has 6 heteroatoms. The van der Waals surface area contributed by atoms with Crippen molar-refractivity contribution >= 4 is 11.6 Å². The molecule has 1 amide bonds. The van der Waals surface area contributed by atoms with Gasteiger partial charge in [0.2, 0.25) is 0 Å². The number of carbonyl (C=O) groups is 1. The second-order valence-corrected chi connectivity index (χ2v) is 4.11. The average molecular weight is 260 g/mol. The SMILES string of the molecule is Cc1[nH]cnc1CNc1ccc(OCC(N)=O)cc1. The van der Waals surface area contributed by atoms with Crippen LogP contribution in [0.25, 0.3) is 0 Å². The minimum atomic E-state index is -0.490. The fourth-order valence-corrected chi connectivity index (χ4v) is 1.57. The number of imidazole rings is 1. The van der Waals surface area contributed by atoms with E-state index < -0.39 is 5.91 Å². The van der Waals surface area contributed by atoms with E-state index in [-0.39, 0.29) is 6.61 Å². The Bertz CT molecular complexity index is 548. The van der Waals surface area contributed by atoms with Crippen LogP contribution in [0.2, 0.25) is 0 Å². The number of nitrogens with zero attached hydrogens (tertiary/aromatic N) is 1. The van der Waals surface area contributed by atoms with E-state index in [9.17, 15) is 4.79 Å². The molecule has 0 aliphatic heterocycles. The van der Waals surface area contributed by atoms with Crippen molar-refractivity contribution in [2.75, 3.05) is 11.9 Å². The second-order valence-electron chi connectivity index (χ2n) is 4.11. The zero-order chi connectivity index (χ0) is 13.7. The van der Waals surface area contributed by atoms with Crippen molar-refractivity contribution in [1.29, 1.82) is 0 Å². The standard InChI is InChI=1S/C13H16N4O2/c1-9-12(17-8-16-9)6-15-10-2-4-11(5-3-10)19-7-13(14)18/h2-5,8,15H,6-7H2,1H3,(H2,14,18)(H,16,17). The molecule has 0 saturated carbocycles. The molecule has 2 rings (SSSR count). The molecular formula is C13H16N4O2. The first-order chi connectivity index (χ1) is 9.15. The number of aryl methyl sites for hydroxylation is 1. The summed E-state index contributed by atoms with van der Waals surface area (Å²) in [4.78, 5) is 17.8. The molecule has 19 heavy (non-hydrogen) atoms. The summed E-state index contributed by atoms with van der Waals surface area (Å²) < 4.78 is 5.17. The topological polar surface area (TPSA) is 93.0 Å². The molecule has 100 valence electrons. The fourth-order valence-electron chi connectivity index (χ4n) is 1.57. The Morgan fingerprint density at radius 1 is 1.42 bits per heavy atom. The molecule has 0 unspecified atom stereocenters. The molecule has 0 aliphatic carbocycles. The molecule has 1 aromatic carbocycles. The van der Waals surface area contributed by atoms with Crippen LogP contribution in [-0.4, -0.2) is 22.5 Å². The molecule has 0 fully saturated rings. The number of carbonyl (C=O) groups excluding carboxylic acids is 1. The number of rotatable bonds is 6. The van der Waals surface area contributed by atoms with E-state index in [1.807, 2.05) is 19.1 Å². The average Bonchev–Trinajstić information content (AvgIpc) is 2.81. The number of amides is 1. The molecule has 0 radical (unpaired) electrons. The van der Waals surface area contributed by atoms with Gasteiger partial charge in [-0.2, -0.15) is 0 Å². The maximum absolute atomic E-state index is 10.6. The van der Waals surface area contributed by atoms with Crippen molar-refractivity contribution in [3.8, 4) is 5.75 Å². The third kappa shape index (κ3) is 3.74. The van der Waals surface area contributed by atoms with Gasteiger partial charge in [0.15, 0.2) is 6.61 Å². The van der Waals surface area contributed by atoms with Gasteiger partial charge in [-0.3, -0.25) is 4.79 Å². The number of aromatic amines is 1. The van der Waals surface area contributed by atoms with E-state index in [1.54, 1.807) is 18.5 Å². The normalized spacial score (nSPS) is 10.2. The molecule has 6 nitrogen and oxygen atoms in total. The summed E-state index contributed by atoms with van der Waals surface area (Å²) in [5, 5.41) is 3.25. The third-order valence-corrected chi connectivity index (χ3v) is 2.63. The Morgan fingerprint density at radius 3 is 2.74 bits per heavy atom. The first-order valence-electron chi connectivity index (χ1n) is 5.89. The number of hydrogen-bond acceptors (Lipinski definition) is 4. The highest BCUT2D eigenvalue weighted by atomic mass is 16.5. The molecule has 2 aromatic rings. The zero-order valence-electron chi connectivity index (χ0n) is 10.6. The summed E-state index contributed by atoms with van der Waals surface area (Å²) >= 11 is 0. The number of nitrogens with two attached hydrogens (primary N) is 1. The lowest BCUT2D eigenvalue weighted by Crippen LogP contribution is -2.19. The van der Waals surface area contributed by atoms with E-state index in [0.29, 0.717) is 12.3 Å². The number of hydrogen-bond donors (Lipinski definition) is 3. The minimum absolute atomic E-state index is 0.112. The molecule has 0 bridgehead atoms. The maximum Gasteiger partial charge on any atom is 0.255 e. The van der Waals surface area contributed by atoms with Crippen molar-refractivity contribution in [2.24, 2.45) is 5.73 Å². The van der Waals surface area contributed by atoms with Crippen LogP contribution in [0.1, 0.15) is 11.4 Å². The summed E-state index contributed by atoms with van der Waals surface area (Å²) in [6.45, 7) is 2.51. The third-order valence-electron chi connectivity index (χ3n) is 2.63. The smallest absolute Gasteiger partial charge is 0.255 e. The predicted octanol–water partition coefficient (Wildman–Crippen LogP) is 1.19. The van der Waals surface area contributed by atoms with E-state index in [0.717, 1.165) is 17.1 Å². The highest BCUT2D eigenvalue weighted by molar-refractivity contribution is 5.75. The number of aromatic nitrogens is 2. The van der Waals surface area contributed by atoms with Gasteiger partial charge in [-0.05, 0) is 31.2 Å². The van der Waals surface area contributed by atoms with Crippen LogP contribution in [-0.2, 0) is 11.3 Å². The van der Waals surface area contributed by atoms with Crippen molar-refractivity contribution in [3.63, 3.8) is 0 Å². The first-order valence-corrected chi connectivity index (χ1v) is 5.89. The Kier molecular flexibility index (Phi) is 4.02. The Morgan fingerprint density at radius 2 is 2.16 bits per heavy atom. The van der Waals surface area contributed by atoms with Crippen LogP contribution < -0.4 is 15.8 Å². The van der Waals surface area contributed by atoms with Gasteiger partial charge in [-0.15, -0.1) is 0 Å². The van der Waals surface area contributed by atoms with Crippen LogP contribution in [0.5, 0.6) is 5.75 Å². The largest absolute Gasteiger partial charge is 0.484 e. The number of primary amides is 1. The maximum atomic E-state index is 10.6. The van der Waals surface area contributed by atoms with Gasteiger partial charge >= 0.3 is 0 Å². The molecular weight excluding hydrogens is 244 g/mol. The molecule has 1 heterocycles. The molecule has 1 aromatic heterocycles. The molecule has 0 aliphatic rings. The van der Waals surface area contributed by atoms with Crippen molar-refractivity contribution in [3.05, 3.63) is 42.0 Å². The molecule has 0 spiro atoms. The molecule has 0 saturated heterocycles. The van der Waals surface area contributed by atoms with E-state index in [4.69, 9.17) is 10.5 Å². The summed E-state index contributed by atoms with van der Waals surface area (Å²) in [5.74, 6) is 0.122. The first kappa shape index (κ1) is 12.9. The van der Waals surface area contributed by atoms with Crippen LogP contribution in [0.4, 0.5) is 5.69 Å². The minimum Gasteiger partial charge on any atom is -0.484 e. The molecule has 4 N–H and O–H groups in total. The second kappa shape index (κ2) is 5.90. The quantitative estimate of drug-likeness (QED) is 0.727. The van der Waals surface area contributed by atoms with Crippen LogP contribution >= 0.6 is 0 Å². The summed E-state index contributed by atoms with van der Waals surface area (Å²) in [6, 6.07) is 7.31. The van der Waals surface area contributed by atoms with E-state index in [2.05, 4.69) is 15.3 Å². The van der Waals surface area contributed by atoms with Crippen molar-refractivity contribution in [1.82, 2.24) is 9.97 Å². The van der Waals surface area contributed by atoms with E-state index >= 15 is 0 Å². The lowest BCUT2D eigenvalue weighted by Gasteiger charge is -2.07. The van der Waals surface area contributed by atoms with Crippen LogP contribution in [0.3, 0.4) is 0 Å². The van der Waals surface area contributed by atoms with Gasteiger partial charge < -0.3 is 20.8 Å². The number of nitrogens with one attached hydrogen (secondary N) is 2. The van der Waals surface area contributed by atoms with Crippen LogP contribution in [0.15, 0.2) is 30.6 Å². The van der Waals surface area contributed by atoms with Crippen molar-refractivity contribution < 1.29 is 9.53 Å². The van der Waals surface area contributed by atoms with Gasteiger partial charge in [0, 0.05) is 11.4 Å². The highest BCUT2D eigenvalue weighted by Crippen LogP contribution is 2.16. The van der Waals surface area contributed by atoms with Gasteiger partial charge in [0.25, 0.3) is 5.91 Å². The van der Waals surface area contributed by atoms with Gasteiger partial charge in [0.05, 0.1) is 18.6 Å². The predicted molar refractivity (Wildman–Crippen MR) is 71.8 cm³/mol. The summed E-state index contributed by atoms with van der Waals surface area (Å²) in [7, 11) is 0. The van der Waals surface area contributed by atoms with E-state index in [1.165, 1.54) is 0 Å². The van der Waals surface area contributed by atoms with Gasteiger partial charge in [0.1, 0.15) is 5.75 Å². The Balaban J connectivity index is 1.88. The Labute approximate surface area is 111 Å². The Hall–Kier alpha value is -2.50. The number of anilines is 1. The lowest BCUT2D eigenvalue weighted by molar-refractivity contribution is -0.119. The highest BCUT2D eigenvalue weighted by Gasteiger charge is 2.01. The zero-order valence-corrected chi connectivity index (χ0v) is 10.6. The van der Waals surface area contributed by atoms with Gasteiger partial charge in [-0.1, -0.05) is 0 Å². The number of H-pyrrole nitrogens is 1. The summed E-state index contributed by atoms with van der Waals surface area (Å²) in [6.07, 6.45) is 1.67. The van der Waals surface area contributed by atoms with Gasteiger partial charge in [-0.25, -0.2) is 4.98 Å². The lowest BCUT2D eigenvalue weighted by atomic mass is 10.3. The number of ether oxygens (including phenoxy) is 1. The number of benzene rings is 1. The fraction of sp³-hybridized carbons (Fsp3) is 0.231. The monoisotopic (exact) mass is 260 g/mol. The van der Waals surface area contributed by atoms with Crippen LogP contribution in [0, 0.1) is 6.92 Å².